The number of hydrogen-bond acceptors (Lipinski definition) is 5. The summed E-state index contributed by atoms with van der Waals surface area (Å²) in [6.07, 6.45) is 0. The van der Waals surface area contributed by atoms with Crippen LogP contribution < -0.4 is 15.4 Å². The van der Waals surface area contributed by atoms with E-state index in [0.717, 1.165) is 27.7 Å². The fourth-order valence-corrected chi connectivity index (χ4v) is 6.07. The van der Waals surface area contributed by atoms with E-state index in [9.17, 15) is 10.1 Å². The first-order valence-electron chi connectivity index (χ1n) is 12.7. The number of nitrogens with zero attached hydrogens (tertiary/aromatic N) is 4. The normalized spacial score (nSPS) is 17.7. The molecule has 1 atom stereocenters. The predicted molar refractivity (Wildman–Crippen MR) is 148 cm³/mol. The monoisotopic (exact) mass is 509 g/mol. The summed E-state index contributed by atoms with van der Waals surface area (Å²) in [5.41, 5.74) is 9.34. The van der Waals surface area contributed by atoms with Gasteiger partial charge in [0.15, 0.2) is 0 Å². The molecule has 7 rings (SSSR count). The summed E-state index contributed by atoms with van der Waals surface area (Å²) < 4.78 is 7.72. The minimum Gasteiger partial charge on any atom is -0.422 e. The average molecular weight is 510 g/mol. The Balaban J connectivity index is 1.49. The molecule has 2 aliphatic heterocycles. The van der Waals surface area contributed by atoms with Crippen LogP contribution in [0.1, 0.15) is 22.4 Å². The molecule has 4 aromatic carbocycles. The zero-order valence-electron chi connectivity index (χ0n) is 21.1. The Bertz CT molecular complexity index is 1880. The number of aryl methyl sites for hydroxylation is 1. The molecule has 39 heavy (non-hydrogen) atoms. The second-order valence-electron chi connectivity index (χ2n) is 9.76. The van der Waals surface area contributed by atoms with Crippen molar-refractivity contribution in [3.05, 3.63) is 131 Å². The Morgan fingerprint density at radius 2 is 1.67 bits per heavy atom. The third-order valence-corrected chi connectivity index (χ3v) is 7.71. The summed E-state index contributed by atoms with van der Waals surface area (Å²) in [6, 6.07) is 33.6. The molecule has 7 nitrogen and oxygen atoms in total. The Morgan fingerprint density at radius 3 is 2.49 bits per heavy atom. The van der Waals surface area contributed by atoms with Gasteiger partial charge in [-0.2, -0.15) is 10.4 Å². The molecular weight excluding hydrogens is 486 g/mol. The molecule has 3 heterocycles. The minimum atomic E-state index is -1.48. The number of hydrogen-bond donors (Lipinski definition) is 1. The number of fused-ring (bicyclic) bond motifs is 5. The molecule has 0 unspecified atom stereocenters. The highest BCUT2D eigenvalue weighted by Gasteiger charge is 2.61. The molecular formula is C32H23N5O2. The van der Waals surface area contributed by atoms with Crippen LogP contribution in [-0.2, 0) is 16.8 Å². The van der Waals surface area contributed by atoms with Crippen LogP contribution in [0.25, 0.3) is 16.5 Å². The van der Waals surface area contributed by atoms with Crippen molar-refractivity contribution in [3.8, 4) is 17.6 Å². The Hall–Kier alpha value is -5.35. The number of rotatable bonds is 3. The van der Waals surface area contributed by atoms with Gasteiger partial charge in [-0.25, -0.2) is 4.68 Å². The van der Waals surface area contributed by atoms with Gasteiger partial charge in [0.25, 0.3) is 0 Å². The SMILES string of the molecule is Cc1nn(-c2ccccc2)c2c1[C@]1(C(=O)N(Cc3cccc4ccccc34)c3ccccc31)C(C#N)=C(N)O2. The van der Waals surface area contributed by atoms with Crippen LogP contribution >= 0.6 is 0 Å². The lowest BCUT2D eigenvalue weighted by Crippen LogP contribution is -2.46. The van der Waals surface area contributed by atoms with Gasteiger partial charge in [0.2, 0.25) is 17.7 Å². The van der Waals surface area contributed by atoms with Crippen molar-refractivity contribution >= 4 is 22.4 Å². The third-order valence-electron chi connectivity index (χ3n) is 7.71. The maximum absolute atomic E-state index is 14.8. The number of benzene rings is 4. The van der Waals surface area contributed by atoms with Gasteiger partial charge in [-0.1, -0.05) is 78.9 Å². The number of para-hydroxylation sites is 2. The number of nitriles is 1. The van der Waals surface area contributed by atoms with Gasteiger partial charge in [-0.05, 0) is 41.5 Å². The number of aromatic nitrogens is 2. The Kier molecular flexibility index (Phi) is 4.88. The van der Waals surface area contributed by atoms with E-state index in [1.165, 1.54) is 0 Å². The van der Waals surface area contributed by atoms with Crippen LogP contribution in [0.3, 0.4) is 0 Å². The smallest absolute Gasteiger partial charge is 0.248 e. The van der Waals surface area contributed by atoms with Crippen LogP contribution in [0, 0.1) is 18.3 Å². The minimum absolute atomic E-state index is 0.0728. The molecule has 5 aromatic rings. The van der Waals surface area contributed by atoms with Crippen molar-refractivity contribution < 1.29 is 9.53 Å². The van der Waals surface area contributed by atoms with Gasteiger partial charge in [-0.3, -0.25) is 4.79 Å². The van der Waals surface area contributed by atoms with E-state index < -0.39 is 5.41 Å². The van der Waals surface area contributed by atoms with Gasteiger partial charge in [0.1, 0.15) is 17.1 Å². The van der Waals surface area contributed by atoms with E-state index >= 15 is 0 Å². The maximum Gasteiger partial charge on any atom is 0.248 e. The number of carbonyl (C=O) groups is 1. The standard InChI is InChI=1S/C32H23N5O2/c1-20-28-30(37(35-20)23-13-3-2-4-14-23)39-29(34)26(18-33)32(28)25-16-7-8-17-27(25)36(31(32)38)19-22-12-9-11-21-10-5-6-15-24(21)22/h2-17H,19,34H2,1H3/t32-/m1/s1. The number of amides is 1. The summed E-state index contributed by atoms with van der Waals surface area (Å²) in [7, 11) is 0. The third kappa shape index (κ3) is 3.03. The van der Waals surface area contributed by atoms with Crippen LogP contribution in [0.15, 0.2) is 109 Å². The van der Waals surface area contributed by atoms with Crippen LogP contribution in [0.4, 0.5) is 5.69 Å². The molecule has 1 spiro atoms. The first-order chi connectivity index (χ1) is 19.1. The quantitative estimate of drug-likeness (QED) is 0.358. The topological polar surface area (TPSA) is 97.2 Å². The largest absolute Gasteiger partial charge is 0.422 e. The van der Waals surface area contributed by atoms with Crippen LogP contribution in [0.2, 0.25) is 0 Å². The fraction of sp³-hybridized carbons (Fsp3) is 0.0938. The molecule has 2 aliphatic rings. The highest BCUT2D eigenvalue weighted by atomic mass is 16.5. The van der Waals surface area contributed by atoms with Crippen molar-refractivity contribution in [2.45, 2.75) is 18.9 Å². The highest BCUT2D eigenvalue weighted by molar-refractivity contribution is 6.14. The Morgan fingerprint density at radius 1 is 0.949 bits per heavy atom. The molecule has 188 valence electrons. The lowest BCUT2D eigenvalue weighted by molar-refractivity contribution is -0.121. The summed E-state index contributed by atoms with van der Waals surface area (Å²) in [5, 5.41) is 17.4. The van der Waals surface area contributed by atoms with Crippen molar-refractivity contribution in [3.63, 3.8) is 0 Å². The van der Waals surface area contributed by atoms with E-state index in [4.69, 9.17) is 15.6 Å². The summed E-state index contributed by atoms with van der Waals surface area (Å²) in [4.78, 5) is 16.6. The zero-order chi connectivity index (χ0) is 26.7. The molecule has 0 saturated heterocycles. The van der Waals surface area contributed by atoms with E-state index in [0.29, 0.717) is 29.2 Å². The number of ether oxygens (including phenoxy) is 1. The van der Waals surface area contributed by atoms with Gasteiger partial charge < -0.3 is 15.4 Å². The van der Waals surface area contributed by atoms with Gasteiger partial charge in [0, 0.05) is 11.3 Å². The molecule has 0 aliphatic carbocycles. The Labute approximate surface area is 225 Å². The number of carbonyl (C=O) groups excluding carboxylic acids is 1. The fourth-order valence-electron chi connectivity index (χ4n) is 6.07. The van der Waals surface area contributed by atoms with Gasteiger partial charge >= 0.3 is 0 Å². The number of anilines is 1. The number of nitrogens with two attached hydrogens (primary N) is 1. The first-order valence-corrected chi connectivity index (χ1v) is 12.7. The van der Waals surface area contributed by atoms with Crippen molar-refractivity contribution in [2.75, 3.05) is 4.90 Å². The second kappa shape index (κ2) is 8.33. The average Bonchev–Trinajstić information content (AvgIpc) is 3.42. The van der Waals surface area contributed by atoms with Crippen molar-refractivity contribution in [1.29, 1.82) is 5.26 Å². The molecule has 1 amide bonds. The highest BCUT2D eigenvalue weighted by Crippen LogP contribution is 2.56. The lowest BCUT2D eigenvalue weighted by Gasteiger charge is -2.33. The van der Waals surface area contributed by atoms with Gasteiger partial charge in [0.05, 0.1) is 23.5 Å². The van der Waals surface area contributed by atoms with E-state index in [2.05, 4.69) is 24.3 Å². The maximum atomic E-state index is 14.8. The van der Waals surface area contributed by atoms with Crippen molar-refractivity contribution in [2.24, 2.45) is 5.73 Å². The lowest BCUT2D eigenvalue weighted by atomic mass is 9.69. The molecule has 1 aromatic heterocycles. The summed E-state index contributed by atoms with van der Waals surface area (Å²) in [6.45, 7) is 2.17. The van der Waals surface area contributed by atoms with Gasteiger partial charge in [-0.15, -0.1) is 0 Å². The van der Waals surface area contributed by atoms with E-state index in [1.807, 2.05) is 85.8 Å². The molecule has 7 heteroatoms. The van der Waals surface area contributed by atoms with Crippen molar-refractivity contribution in [1.82, 2.24) is 9.78 Å². The van der Waals surface area contributed by atoms with Crippen LogP contribution in [-0.4, -0.2) is 15.7 Å². The first kappa shape index (κ1) is 22.8. The van der Waals surface area contributed by atoms with Crippen LogP contribution in [0.5, 0.6) is 5.88 Å². The van der Waals surface area contributed by atoms with E-state index in [1.54, 1.807) is 9.58 Å². The van der Waals surface area contributed by atoms with E-state index in [-0.39, 0.29) is 17.4 Å². The predicted octanol–water partition coefficient (Wildman–Crippen LogP) is 5.25. The molecule has 0 fully saturated rings. The summed E-state index contributed by atoms with van der Waals surface area (Å²) >= 11 is 0. The molecule has 0 saturated carbocycles. The molecule has 2 N–H and O–H groups in total. The molecule has 0 radical (unpaired) electrons. The second-order valence-corrected chi connectivity index (χ2v) is 9.76. The molecule has 0 bridgehead atoms. The summed E-state index contributed by atoms with van der Waals surface area (Å²) in [5.74, 6) is -0.0148. The zero-order valence-corrected chi connectivity index (χ0v) is 21.1.